The zero-order valence-corrected chi connectivity index (χ0v) is 26.7. The van der Waals surface area contributed by atoms with Crippen molar-refractivity contribution in [3.63, 3.8) is 0 Å². The molecule has 0 unspecified atom stereocenters. The summed E-state index contributed by atoms with van der Waals surface area (Å²) in [7, 11) is 1.00. The molecule has 236 valence electrons. The van der Waals surface area contributed by atoms with Crippen molar-refractivity contribution in [2.24, 2.45) is 0 Å². The Hall–Kier alpha value is -4.54. The summed E-state index contributed by atoms with van der Waals surface area (Å²) < 4.78 is 0. The van der Waals surface area contributed by atoms with Crippen LogP contribution in [-0.4, -0.2) is 49.3 Å². The van der Waals surface area contributed by atoms with Crippen molar-refractivity contribution >= 4 is 45.7 Å². The molecule has 0 radical (unpaired) electrons. The van der Waals surface area contributed by atoms with Crippen molar-refractivity contribution in [1.29, 1.82) is 0 Å². The van der Waals surface area contributed by atoms with E-state index < -0.39 is 5.91 Å². The summed E-state index contributed by atoms with van der Waals surface area (Å²) in [5, 5.41) is 26.0. The lowest BCUT2D eigenvalue weighted by atomic mass is 9.96. The number of nitrogens with zero attached hydrogens (tertiary/aromatic N) is 4. The highest BCUT2D eigenvalue weighted by Gasteiger charge is 2.16. The van der Waals surface area contributed by atoms with Crippen molar-refractivity contribution in [3.05, 3.63) is 90.0 Å². The molecule has 0 atom stereocenters. The average molecular weight is 629 g/mol. The summed E-state index contributed by atoms with van der Waals surface area (Å²) in [6, 6.07) is 16.2. The molecule has 1 amide bonds. The summed E-state index contributed by atoms with van der Waals surface area (Å²) in [5.74, 6) is 1.04. The van der Waals surface area contributed by atoms with Gasteiger partial charge in [0.05, 0.1) is 10.7 Å². The molecule has 5 N–H and O–H groups in total. The number of H-pyrrole nitrogens is 1. The highest BCUT2D eigenvalue weighted by Crippen LogP contribution is 2.32. The quantitative estimate of drug-likeness (QED) is 0.121. The minimum absolute atomic E-state index is 0.0663. The van der Waals surface area contributed by atoms with E-state index in [0.717, 1.165) is 58.9 Å². The first-order chi connectivity index (χ1) is 21.9. The number of amides is 1. The van der Waals surface area contributed by atoms with Crippen LogP contribution in [0.15, 0.2) is 78.9 Å². The van der Waals surface area contributed by atoms with Crippen molar-refractivity contribution in [3.8, 4) is 11.3 Å². The Labute approximate surface area is 269 Å². The van der Waals surface area contributed by atoms with Crippen LogP contribution in [-0.2, 0) is 11.3 Å². The zero-order chi connectivity index (χ0) is 32.2. The van der Waals surface area contributed by atoms with Crippen LogP contribution < -0.4 is 16.0 Å². The van der Waals surface area contributed by atoms with E-state index in [1.54, 1.807) is 6.20 Å². The standard InChI is InChI=1S/C33H37ClN8O.CH4O/c1-21(2)29-19-38-39-20-37-33(41-25-10-5-4-6-11-25)42-31(29)36-18-24-9-7-8-12-27(24)30-28-14-13-26(40-32(43)22(3)34)17-23(28)15-16-35-30;1-2/h7-9,12-17,19-21,25,38H,3-6,10-11,18H2,1-2H3,(H,40,43)(H2,36,37,39,41,42);2H,1H3. The molecule has 1 aliphatic carbocycles. The Morgan fingerprint density at radius 2 is 1.87 bits per heavy atom. The lowest BCUT2D eigenvalue weighted by Crippen LogP contribution is -2.23. The highest BCUT2D eigenvalue weighted by atomic mass is 35.5. The van der Waals surface area contributed by atoms with E-state index in [9.17, 15) is 4.79 Å². The first-order valence-corrected chi connectivity index (χ1v) is 15.5. The van der Waals surface area contributed by atoms with E-state index in [-0.39, 0.29) is 11.0 Å². The minimum Gasteiger partial charge on any atom is -0.400 e. The van der Waals surface area contributed by atoms with Gasteiger partial charge in [-0.1, -0.05) is 81.6 Å². The minimum atomic E-state index is -0.432. The number of hydrogen-bond donors (Lipinski definition) is 5. The largest absolute Gasteiger partial charge is 0.400 e. The number of pyridine rings is 1. The van der Waals surface area contributed by atoms with Crippen molar-refractivity contribution in [2.45, 2.75) is 64.5 Å². The first kappa shape index (κ1) is 33.4. The lowest BCUT2D eigenvalue weighted by molar-refractivity contribution is -0.112. The van der Waals surface area contributed by atoms with E-state index in [1.807, 2.05) is 42.6 Å². The smallest absolute Gasteiger partial charge is 0.266 e. The maximum absolute atomic E-state index is 12.0. The van der Waals surface area contributed by atoms with Gasteiger partial charge >= 0.3 is 0 Å². The van der Waals surface area contributed by atoms with Gasteiger partial charge < -0.3 is 21.1 Å². The predicted octanol–water partition coefficient (Wildman–Crippen LogP) is 7.32. The molecule has 0 bridgehead atoms. The Bertz CT molecular complexity index is 1670. The molecule has 0 spiro atoms. The number of carbonyl (C=O) groups excluding carboxylic acids is 1. The van der Waals surface area contributed by atoms with Crippen LogP contribution in [0, 0.1) is 0 Å². The molecule has 11 heteroatoms. The van der Waals surface area contributed by atoms with Crippen LogP contribution in [0.4, 0.5) is 17.5 Å². The molecule has 0 aliphatic heterocycles. The van der Waals surface area contributed by atoms with E-state index in [4.69, 9.17) is 26.7 Å². The third-order valence-electron chi connectivity index (χ3n) is 7.57. The van der Waals surface area contributed by atoms with Gasteiger partial charge in [0.25, 0.3) is 5.91 Å². The number of benzene rings is 2. The molecule has 4 aromatic rings. The Morgan fingerprint density at radius 1 is 1.09 bits per heavy atom. The van der Waals surface area contributed by atoms with Crippen LogP contribution in [0.25, 0.3) is 22.0 Å². The predicted molar refractivity (Wildman–Crippen MR) is 183 cm³/mol. The van der Waals surface area contributed by atoms with Crippen LogP contribution in [0.5, 0.6) is 0 Å². The second-order valence-corrected chi connectivity index (χ2v) is 11.4. The number of aliphatic hydroxyl groups excluding tert-OH is 1. The summed E-state index contributed by atoms with van der Waals surface area (Å²) >= 11 is 5.75. The Morgan fingerprint density at radius 3 is 2.62 bits per heavy atom. The van der Waals surface area contributed by atoms with Crippen LogP contribution in [0.3, 0.4) is 0 Å². The molecule has 0 saturated heterocycles. The third kappa shape index (κ3) is 8.99. The van der Waals surface area contributed by atoms with Crippen molar-refractivity contribution in [1.82, 2.24) is 25.1 Å². The Kier molecular flexibility index (Phi) is 12.2. The fraction of sp³-hybridized carbons (Fsp3) is 0.324. The number of aromatic nitrogens is 5. The van der Waals surface area contributed by atoms with Gasteiger partial charge in [0, 0.05) is 54.3 Å². The number of aromatic amines is 1. The van der Waals surface area contributed by atoms with Crippen LogP contribution >= 0.6 is 11.6 Å². The van der Waals surface area contributed by atoms with Gasteiger partial charge in [-0.15, -0.1) is 0 Å². The van der Waals surface area contributed by atoms with Gasteiger partial charge in [0.15, 0.2) is 0 Å². The number of rotatable bonds is 9. The van der Waals surface area contributed by atoms with Crippen LogP contribution in [0.1, 0.15) is 63.0 Å². The molecular weight excluding hydrogens is 588 g/mol. The topological polar surface area (TPSA) is 141 Å². The van der Waals surface area contributed by atoms with Gasteiger partial charge in [-0.25, -0.2) is 0 Å². The van der Waals surface area contributed by atoms with Crippen molar-refractivity contribution < 1.29 is 9.90 Å². The second kappa shape index (κ2) is 16.5. The van der Waals surface area contributed by atoms with Gasteiger partial charge in [-0.3, -0.25) is 14.9 Å². The molecule has 1 saturated carbocycles. The Balaban J connectivity index is 0.00000226. The molecule has 45 heavy (non-hydrogen) atoms. The number of hydrogen-bond acceptors (Lipinski definition) is 8. The summed E-state index contributed by atoms with van der Waals surface area (Å²) in [6.45, 7) is 8.27. The zero-order valence-electron chi connectivity index (χ0n) is 26.0. The van der Waals surface area contributed by atoms with Gasteiger partial charge in [0.1, 0.15) is 12.1 Å². The van der Waals surface area contributed by atoms with E-state index >= 15 is 0 Å². The van der Waals surface area contributed by atoms with E-state index in [0.29, 0.717) is 24.2 Å². The first-order valence-electron chi connectivity index (χ1n) is 15.1. The number of fused-ring (bicyclic) bond motifs is 1. The fourth-order valence-corrected chi connectivity index (χ4v) is 5.37. The SMILES string of the molecule is C=C(Cl)C(=O)Nc1ccc2c(-c3ccccc3CNc3nc(NC4CCCCC4)ncn[nH]cc3C(C)C)nccc2c1.CO. The number of aliphatic hydroxyl groups is 1. The van der Waals surface area contributed by atoms with Gasteiger partial charge in [0.2, 0.25) is 5.95 Å². The number of carbonyl (C=O) groups is 1. The average Bonchev–Trinajstić information content (AvgIpc) is 3.15. The maximum atomic E-state index is 12.0. The fourth-order valence-electron chi connectivity index (χ4n) is 5.33. The van der Waals surface area contributed by atoms with Crippen molar-refractivity contribution in [2.75, 3.05) is 23.1 Å². The van der Waals surface area contributed by atoms with E-state index in [2.05, 4.69) is 63.7 Å². The molecule has 2 aromatic heterocycles. The molecule has 1 aliphatic rings. The number of nitrogens with one attached hydrogen (secondary N) is 4. The van der Waals surface area contributed by atoms with Gasteiger partial charge in [-0.2, -0.15) is 15.1 Å². The molecule has 1 fully saturated rings. The lowest BCUT2D eigenvalue weighted by Gasteiger charge is -2.22. The second-order valence-electron chi connectivity index (χ2n) is 11.0. The summed E-state index contributed by atoms with van der Waals surface area (Å²) in [5.41, 5.74) is 4.54. The summed E-state index contributed by atoms with van der Waals surface area (Å²) in [6.07, 6.45) is 11.1. The molecule has 2 heterocycles. The molecule has 5 rings (SSSR count). The maximum Gasteiger partial charge on any atom is 0.266 e. The number of anilines is 3. The monoisotopic (exact) mass is 628 g/mol. The van der Waals surface area contributed by atoms with Gasteiger partial charge in [-0.05, 0) is 47.9 Å². The normalized spacial score (nSPS) is 12.9. The van der Waals surface area contributed by atoms with E-state index in [1.165, 1.54) is 25.6 Å². The third-order valence-corrected chi connectivity index (χ3v) is 7.74. The van der Waals surface area contributed by atoms with Crippen LogP contribution in [0.2, 0.25) is 0 Å². The highest BCUT2D eigenvalue weighted by molar-refractivity contribution is 6.43. The summed E-state index contributed by atoms with van der Waals surface area (Å²) in [4.78, 5) is 26.3. The number of halogens is 1. The molecule has 10 nitrogen and oxygen atoms in total. The molecule has 2 aromatic carbocycles. The molecular formula is C34H41ClN8O2.